The molecule has 0 amide bonds. The van der Waals surface area contributed by atoms with Crippen LogP contribution in [0, 0.1) is 5.41 Å². The lowest BCUT2D eigenvalue weighted by molar-refractivity contribution is 0.443. The number of H-pyrrole nitrogens is 1. The molecule has 2 aromatic rings. The van der Waals surface area contributed by atoms with Gasteiger partial charge in [0.05, 0.1) is 0 Å². The highest BCUT2D eigenvalue weighted by atomic mass is 14.9. The summed E-state index contributed by atoms with van der Waals surface area (Å²) < 4.78 is 0. The number of aromatic amines is 1. The van der Waals surface area contributed by atoms with E-state index in [4.69, 9.17) is 0 Å². The predicted octanol–water partition coefficient (Wildman–Crippen LogP) is 3.45. The normalized spacial score (nSPS) is 17.5. The molecule has 1 aliphatic carbocycles. The van der Waals surface area contributed by atoms with Gasteiger partial charge in [-0.25, -0.2) is 0 Å². The van der Waals surface area contributed by atoms with Crippen LogP contribution in [0.25, 0.3) is 10.9 Å². The quantitative estimate of drug-likeness (QED) is 0.806. The van der Waals surface area contributed by atoms with Crippen LogP contribution >= 0.6 is 0 Å². The maximum Gasteiger partial charge on any atom is 0.0457 e. The molecule has 0 radical (unpaired) electrons. The van der Waals surface area contributed by atoms with E-state index in [-0.39, 0.29) is 0 Å². The Morgan fingerprint density at radius 3 is 2.94 bits per heavy atom. The summed E-state index contributed by atoms with van der Waals surface area (Å²) in [7, 11) is 0. The maximum absolute atomic E-state index is 3.60. The molecule has 0 spiro atoms. The van der Waals surface area contributed by atoms with Crippen molar-refractivity contribution in [3.63, 3.8) is 0 Å². The largest absolute Gasteiger partial charge is 0.361 e. The third-order valence-electron chi connectivity index (χ3n) is 4.16. The second-order valence-electron chi connectivity index (χ2n) is 5.36. The monoisotopic (exact) mass is 228 g/mol. The van der Waals surface area contributed by atoms with Crippen LogP contribution in [-0.2, 0) is 6.54 Å². The summed E-state index contributed by atoms with van der Waals surface area (Å²) in [5.74, 6) is 0. The van der Waals surface area contributed by atoms with Crippen molar-refractivity contribution in [2.75, 3.05) is 6.54 Å². The van der Waals surface area contributed by atoms with E-state index in [1.807, 2.05) is 6.20 Å². The highest BCUT2D eigenvalue weighted by Crippen LogP contribution is 2.47. The van der Waals surface area contributed by atoms with E-state index in [2.05, 4.69) is 41.5 Å². The summed E-state index contributed by atoms with van der Waals surface area (Å²) in [6, 6.07) is 8.76. The Kier molecular flexibility index (Phi) is 2.67. The van der Waals surface area contributed by atoms with Crippen LogP contribution in [0.15, 0.2) is 30.5 Å². The zero-order chi connectivity index (χ0) is 11.7. The van der Waals surface area contributed by atoms with E-state index < -0.39 is 0 Å². The Morgan fingerprint density at radius 1 is 1.29 bits per heavy atom. The molecule has 1 fully saturated rings. The molecule has 2 N–H and O–H groups in total. The van der Waals surface area contributed by atoms with Gasteiger partial charge in [-0.05, 0) is 47.8 Å². The average Bonchev–Trinajstić information content (AvgIpc) is 2.98. The van der Waals surface area contributed by atoms with Crippen molar-refractivity contribution in [3.8, 4) is 0 Å². The molecular formula is C15H20N2. The Hall–Kier alpha value is -1.28. The van der Waals surface area contributed by atoms with Crippen LogP contribution in [0.1, 0.15) is 31.7 Å². The van der Waals surface area contributed by atoms with Gasteiger partial charge in [-0.2, -0.15) is 0 Å². The van der Waals surface area contributed by atoms with Crippen molar-refractivity contribution in [1.29, 1.82) is 0 Å². The number of nitrogens with one attached hydrogen (secondary N) is 2. The molecule has 2 heteroatoms. The second kappa shape index (κ2) is 4.19. The zero-order valence-corrected chi connectivity index (χ0v) is 10.4. The van der Waals surface area contributed by atoms with E-state index in [9.17, 15) is 0 Å². The molecule has 1 aliphatic rings. The van der Waals surface area contributed by atoms with Crippen molar-refractivity contribution in [3.05, 3.63) is 36.0 Å². The van der Waals surface area contributed by atoms with Crippen LogP contribution in [0.5, 0.6) is 0 Å². The van der Waals surface area contributed by atoms with Crippen LogP contribution in [0.4, 0.5) is 0 Å². The average molecular weight is 228 g/mol. The molecule has 1 aromatic heterocycles. The first kappa shape index (κ1) is 10.8. The van der Waals surface area contributed by atoms with Crippen molar-refractivity contribution >= 4 is 10.9 Å². The Morgan fingerprint density at radius 2 is 2.18 bits per heavy atom. The van der Waals surface area contributed by atoms with Gasteiger partial charge in [0.15, 0.2) is 0 Å². The standard InChI is InChI=1S/C15H20N2/c1-2-15(6-7-15)11-16-10-12-3-4-13-5-8-17-14(13)9-12/h3-5,8-9,16-17H,2,6-7,10-11H2,1H3. The number of hydrogen-bond acceptors (Lipinski definition) is 1. The van der Waals surface area contributed by atoms with E-state index >= 15 is 0 Å². The minimum atomic E-state index is 0.635. The van der Waals surface area contributed by atoms with E-state index in [1.165, 1.54) is 42.3 Å². The Balaban J connectivity index is 1.60. The highest BCUT2D eigenvalue weighted by Gasteiger charge is 2.39. The minimum absolute atomic E-state index is 0.635. The topological polar surface area (TPSA) is 27.8 Å². The van der Waals surface area contributed by atoms with E-state index in [0.29, 0.717) is 5.41 Å². The first-order valence-corrected chi connectivity index (χ1v) is 6.58. The summed E-state index contributed by atoms with van der Waals surface area (Å²) >= 11 is 0. The van der Waals surface area contributed by atoms with Gasteiger partial charge in [-0.3, -0.25) is 0 Å². The lowest BCUT2D eigenvalue weighted by Crippen LogP contribution is -2.23. The van der Waals surface area contributed by atoms with Gasteiger partial charge >= 0.3 is 0 Å². The number of hydrogen-bond donors (Lipinski definition) is 2. The molecule has 2 nitrogen and oxygen atoms in total. The lowest BCUT2D eigenvalue weighted by atomic mass is 10.0. The van der Waals surface area contributed by atoms with Crippen molar-refractivity contribution in [2.45, 2.75) is 32.7 Å². The van der Waals surface area contributed by atoms with Gasteiger partial charge < -0.3 is 10.3 Å². The van der Waals surface area contributed by atoms with E-state index in [1.54, 1.807) is 0 Å². The molecule has 0 atom stereocenters. The third kappa shape index (κ3) is 2.22. The molecule has 1 aromatic carbocycles. The summed E-state index contributed by atoms with van der Waals surface area (Å²) in [6.45, 7) is 4.46. The molecule has 17 heavy (non-hydrogen) atoms. The second-order valence-corrected chi connectivity index (χ2v) is 5.36. The van der Waals surface area contributed by atoms with Gasteiger partial charge in [0.1, 0.15) is 0 Å². The Bertz CT molecular complexity index is 508. The van der Waals surface area contributed by atoms with Crippen LogP contribution < -0.4 is 5.32 Å². The minimum Gasteiger partial charge on any atom is -0.361 e. The van der Waals surface area contributed by atoms with Gasteiger partial charge in [0.25, 0.3) is 0 Å². The number of benzene rings is 1. The van der Waals surface area contributed by atoms with Gasteiger partial charge in [-0.15, -0.1) is 0 Å². The molecule has 0 bridgehead atoms. The molecule has 1 saturated carbocycles. The predicted molar refractivity (Wildman–Crippen MR) is 72.0 cm³/mol. The smallest absolute Gasteiger partial charge is 0.0457 e. The van der Waals surface area contributed by atoms with E-state index in [0.717, 1.165) is 6.54 Å². The fourth-order valence-electron chi connectivity index (χ4n) is 2.51. The van der Waals surface area contributed by atoms with Gasteiger partial charge in [0.2, 0.25) is 0 Å². The molecule has 3 rings (SSSR count). The number of fused-ring (bicyclic) bond motifs is 1. The maximum atomic E-state index is 3.60. The van der Waals surface area contributed by atoms with Crippen LogP contribution in [0.2, 0.25) is 0 Å². The summed E-state index contributed by atoms with van der Waals surface area (Å²) in [5.41, 5.74) is 3.24. The first-order valence-electron chi connectivity index (χ1n) is 6.58. The SMILES string of the molecule is CCC1(CNCc2ccc3cc[nH]c3c2)CC1. The Labute approximate surface area is 102 Å². The van der Waals surface area contributed by atoms with Crippen LogP contribution in [-0.4, -0.2) is 11.5 Å². The molecule has 1 heterocycles. The lowest BCUT2D eigenvalue weighted by Gasteiger charge is -2.13. The van der Waals surface area contributed by atoms with Crippen LogP contribution in [0.3, 0.4) is 0 Å². The molecular weight excluding hydrogens is 208 g/mol. The fraction of sp³-hybridized carbons (Fsp3) is 0.467. The molecule has 90 valence electrons. The summed E-state index contributed by atoms with van der Waals surface area (Å²) in [4.78, 5) is 3.26. The van der Waals surface area contributed by atoms with Gasteiger partial charge in [0, 0.05) is 24.8 Å². The molecule has 0 aliphatic heterocycles. The summed E-state index contributed by atoms with van der Waals surface area (Å²) in [5, 5.41) is 4.89. The highest BCUT2D eigenvalue weighted by molar-refractivity contribution is 5.79. The van der Waals surface area contributed by atoms with Crippen molar-refractivity contribution in [2.24, 2.45) is 5.41 Å². The number of aromatic nitrogens is 1. The first-order chi connectivity index (χ1) is 8.31. The summed E-state index contributed by atoms with van der Waals surface area (Å²) in [6.07, 6.45) is 6.13. The zero-order valence-electron chi connectivity index (χ0n) is 10.4. The fourth-order valence-corrected chi connectivity index (χ4v) is 2.51. The molecule has 0 unspecified atom stereocenters. The third-order valence-corrected chi connectivity index (χ3v) is 4.16. The number of rotatable bonds is 5. The van der Waals surface area contributed by atoms with Crippen molar-refractivity contribution in [1.82, 2.24) is 10.3 Å². The van der Waals surface area contributed by atoms with Gasteiger partial charge in [-0.1, -0.05) is 19.1 Å². The molecule has 0 saturated heterocycles. The van der Waals surface area contributed by atoms with Crippen molar-refractivity contribution < 1.29 is 0 Å².